The number of hydrogen-bond acceptors (Lipinski definition) is 5. The standard InChI is InChI=1S/C17H21N3O4S/c1-17(2,3)24-16(23)20-9-10(8-13(20)14(21)22)25-15-18-11-6-4-5-7-12(11)19-15/h4-7,10,13H,8-9H2,1-3H3,(H,18,19)(H,21,22)/t10-,13-/m1/s1. The zero-order chi connectivity index (χ0) is 18.2. The minimum absolute atomic E-state index is 0.0609. The Hall–Kier alpha value is -2.22. The Labute approximate surface area is 149 Å². The molecule has 25 heavy (non-hydrogen) atoms. The lowest BCUT2D eigenvalue weighted by Gasteiger charge is -2.26. The number of carboxylic acids is 1. The molecule has 8 heteroatoms. The topological polar surface area (TPSA) is 95.5 Å². The summed E-state index contributed by atoms with van der Waals surface area (Å²) >= 11 is 1.46. The minimum Gasteiger partial charge on any atom is -0.480 e. The van der Waals surface area contributed by atoms with E-state index < -0.39 is 23.7 Å². The number of aromatic amines is 1. The molecule has 1 aliphatic rings. The maximum Gasteiger partial charge on any atom is 0.411 e. The van der Waals surface area contributed by atoms with Crippen LogP contribution in [0, 0.1) is 0 Å². The second-order valence-electron chi connectivity index (χ2n) is 7.02. The van der Waals surface area contributed by atoms with Crippen LogP contribution in [0.1, 0.15) is 27.2 Å². The van der Waals surface area contributed by atoms with Crippen LogP contribution in [0.3, 0.4) is 0 Å². The van der Waals surface area contributed by atoms with Crippen molar-refractivity contribution in [1.82, 2.24) is 14.9 Å². The van der Waals surface area contributed by atoms with Crippen molar-refractivity contribution >= 4 is 34.9 Å². The molecular formula is C17H21N3O4S. The van der Waals surface area contributed by atoms with Gasteiger partial charge in [0.25, 0.3) is 0 Å². The maximum absolute atomic E-state index is 12.3. The number of nitrogens with zero attached hydrogens (tertiary/aromatic N) is 2. The number of nitrogens with one attached hydrogen (secondary N) is 1. The zero-order valence-electron chi connectivity index (χ0n) is 14.4. The fraction of sp³-hybridized carbons (Fsp3) is 0.471. The normalized spacial score (nSPS) is 20.8. The van der Waals surface area contributed by atoms with Crippen molar-refractivity contribution in [3.05, 3.63) is 24.3 Å². The fourth-order valence-corrected chi connectivity index (χ4v) is 3.93. The van der Waals surface area contributed by atoms with Gasteiger partial charge in [-0.15, -0.1) is 0 Å². The Morgan fingerprint density at radius 3 is 2.72 bits per heavy atom. The average molecular weight is 363 g/mol. The molecule has 0 aliphatic carbocycles. The van der Waals surface area contributed by atoms with Crippen molar-refractivity contribution in [2.45, 2.75) is 49.2 Å². The number of fused-ring (bicyclic) bond motifs is 1. The summed E-state index contributed by atoms with van der Waals surface area (Å²) < 4.78 is 5.34. The predicted molar refractivity (Wildman–Crippen MR) is 94.7 cm³/mol. The number of rotatable bonds is 3. The van der Waals surface area contributed by atoms with Crippen molar-refractivity contribution in [2.75, 3.05) is 6.54 Å². The van der Waals surface area contributed by atoms with Gasteiger partial charge in [-0.3, -0.25) is 4.90 Å². The smallest absolute Gasteiger partial charge is 0.411 e. The van der Waals surface area contributed by atoms with E-state index in [1.165, 1.54) is 16.7 Å². The molecular weight excluding hydrogens is 342 g/mol. The van der Waals surface area contributed by atoms with Crippen molar-refractivity contribution in [3.63, 3.8) is 0 Å². The lowest BCUT2D eigenvalue weighted by Crippen LogP contribution is -2.43. The molecule has 1 amide bonds. The number of thioether (sulfide) groups is 1. The molecule has 7 nitrogen and oxygen atoms in total. The van der Waals surface area contributed by atoms with Gasteiger partial charge >= 0.3 is 12.1 Å². The van der Waals surface area contributed by atoms with Crippen molar-refractivity contribution in [1.29, 1.82) is 0 Å². The lowest BCUT2D eigenvalue weighted by atomic mass is 10.2. The van der Waals surface area contributed by atoms with E-state index in [4.69, 9.17) is 4.74 Å². The summed E-state index contributed by atoms with van der Waals surface area (Å²) in [5.41, 5.74) is 1.13. The molecule has 1 aliphatic heterocycles. The van der Waals surface area contributed by atoms with E-state index in [-0.39, 0.29) is 5.25 Å². The number of hydrogen-bond donors (Lipinski definition) is 2. The second-order valence-corrected chi connectivity index (χ2v) is 8.31. The third kappa shape index (κ3) is 4.07. The average Bonchev–Trinajstić information content (AvgIpc) is 3.09. The van der Waals surface area contributed by atoms with Crippen LogP contribution in [-0.2, 0) is 9.53 Å². The van der Waals surface area contributed by atoms with Gasteiger partial charge in [0.1, 0.15) is 11.6 Å². The first-order chi connectivity index (χ1) is 11.7. The molecule has 2 N–H and O–H groups in total. The Bertz CT molecular complexity index is 766. The highest BCUT2D eigenvalue weighted by Gasteiger charge is 2.42. The largest absolute Gasteiger partial charge is 0.480 e. The molecule has 0 unspecified atom stereocenters. The molecule has 0 saturated carbocycles. The van der Waals surface area contributed by atoms with E-state index in [0.717, 1.165) is 16.2 Å². The van der Waals surface area contributed by atoms with Crippen molar-refractivity contribution in [3.8, 4) is 0 Å². The molecule has 0 spiro atoms. The summed E-state index contributed by atoms with van der Waals surface area (Å²) in [5, 5.41) is 10.1. The quantitative estimate of drug-likeness (QED) is 0.870. The van der Waals surface area contributed by atoms with Gasteiger partial charge in [0.05, 0.1) is 11.0 Å². The van der Waals surface area contributed by atoms with Gasteiger partial charge < -0.3 is 14.8 Å². The first-order valence-corrected chi connectivity index (χ1v) is 8.95. The Morgan fingerprint density at radius 2 is 2.08 bits per heavy atom. The molecule has 2 heterocycles. The van der Waals surface area contributed by atoms with E-state index in [9.17, 15) is 14.7 Å². The van der Waals surface area contributed by atoms with Crippen LogP contribution in [-0.4, -0.2) is 55.5 Å². The van der Waals surface area contributed by atoms with Crippen LogP contribution >= 0.6 is 11.8 Å². The second kappa shape index (κ2) is 6.59. The molecule has 1 saturated heterocycles. The van der Waals surface area contributed by atoms with Crippen molar-refractivity contribution in [2.24, 2.45) is 0 Å². The van der Waals surface area contributed by atoms with E-state index in [0.29, 0.717) is 13.0 Å². The van der Waals surface area contributed by atoms with Gasteiger partial charge in [0.15, 0.2) is 5.16 Å². The Kier molecular flexibility index (Phi) is 4.64. The summed E-state index contributed by atoms with van der Waals surface area (Å²) in [6, 6.07) is 6.82. The van der Waals surface area contributed by atoms with Crippen molar-refractivity contribution < 1.29 is 19.4 Å². The highest BCUT2D eigenvalue weighted by atomic mass is 32.2. The maximum atomic E-state index is 12.3. The number of H-pyrrole nitrogens is 1. The Morgan fingerprint density at radius 1 is 1.36 bits per heavy atom. The highest BCUT2D eigenvalue weighted by molar-refractivity contribution is 7.99. The summed E-state index contributed by atoms with van der Waals surface area (Å²) in [6.07, 6.45) is -0.233. The number of para-hydroxylation sites is 2. The van der Waals surface area contributed by atoms with E-state index in [1.54, 1.807) is 20.8 Å². The minimum atomic E-state index is -1.02. The van der Waals surface area contributed by atoms with Crippen LogP contribution in [0.2, 0.25) is 0 Å². The molecule has 3 rings (SSSR count). The van der Waals surface area contributed by atoms with Crippen LogP contribution < -0.4 is 0 Å². The molecule has 2 aromatic rings. The van der Waals surface area contributed by atoms with Gasteiger partial charge in [0, 0.05) is 11.8 Å². The molecule has 134 valence electrons. The van der Waals surface area contributed by atoms with Crippen LogP contribution in [0.15, 0.2) is 29.4 Å². The van der Waals surface area contributed by atoms with E-state index >= 15 is 0 Å². The number of benzene rings is 1. The van der Waals surface area contributed by atoms with Crippen LogP contribution in [0.25, 0.3) is 11.0 Å². The van der Waals surface area contributed by atoms with E-state index in [2.05, 4.69) is 9.97 Å². The first-order valence-electron chi connectivity index (χ1n) is 8.07. The van der Waals surface area contributed by atoms with Gasteiger partial charge in [-0.2, -0.15) is 0 Å². The third-order valence-electron chi connectivity index (χ3n) is 3.82. The number of ether oxygens (including phenoxy) is 1. The molecule has 1 aromatic carbocycles. The summed E-state index contributed by atoms with van der Waals surface area (Å²) in [5.74, 6) is -1.02. The third-order valence-corrected chi connectivity index (χ3v) is 4.91. The first kappa shape index (κ1) is 17.6. The number of carboxylic acid groups (broad SMARTS) is 1. The van der Waals surface area contributed by atoms with E-state index in [1.807, 2.05) is 24.3 Å². The number of likely N-dealkylation sites (tertiary alicyclic amines) is 1. The molecule has 1 aromatic heterocycles. The number of carbonyl (C=O) groups is 2. The highest BCUT2D eigenvalue weighted by Crippen LogP contribution is 2.33. The number of carbonyl (C=O) groups excluding carboxylic acids is 1. The monoisotopic (exact) mass is 363 g/mol. The number of aromatic nitrogens is 2. The summed E-state index contributed by atoms with van der Waals surface area (Å²) in [7, 11) is 0. The van der Waals surface area contributed by atoms with Gasteiger partial charge in [-0.1, -0.05) is 23.9 Å². The summed E-state index contributed by atoms with van der Waals surface area (Å²) in [4.78, 5) is 32.9. The summed E-state index contributed by atoms with van der Waals surface area (Å²) in [6.45, 7) is 5.60. The lowest BCUT2D eigenvalue weighted by molar-refractivity contribution is -0.142. The fourth-order valence-electron chi connectivity index (χ4n) is 2.78. The van der Waals surface area contributed by atoms with Gasteiger partial charge in [0.2, 0.25) is 0 Å². The van der Waals surface area contributed by atoms with Gasteiger partial charge in [-0.05, 0) is 39.3 Å². The SMILES string of the molecule is CC(C)(C)OC(=O)N1C[C@H](Sc2nc3ccccc3[nH]2)C[C@@H]1C(=O)O. The number of aliphatic carboxylic acids is 1. The number of imidazole rings is 1. The van der Waals surface area contributed by atoms with Crippen LogP contribution in [0.4, 0.5) is 4.79 Å². The van der Waals surface area contributed by atoms with Crippen LogP contribution in [0.5, 0.6) is 0 Å². The van der Waals surface area contributed by atoms with Gasteiger partial charge in [-0.25, -0.2) is 14.6 Å². The molecule has 0 radical (unpaired) electrons. The zero-order valence-corrected chi connectivity index (χ0v) is 15.2. The predicted octanol–water partition coefficient (Wildman–Crippen LogP) is 3.12. The number of amides is 1. The molecule has 1 fully saturated rings. The molecule has 2 atom stereocenters. The molecule has 0 bridgehead atoms. The Balaban J connectivity index is 1.73.